The summed E-state index contributed by atoms with van der Waals surface area (Å²) in [7, 11) is 0. The molecule has 0 saturated carbocycles. The maximum Gasteiger partial charge on any atom is 0.0763 e. The number of anilines is 1. The normalized spacial score (nSPS) is 10.6. The molecule has 1 aromatic carbocycles. The zero-order valence-corrected chi connectivity index (χ0v) is 12.2. The molecule has 21 heavy (non-hydrogen) atoms. The lowest BCUT2D eigenvalue weighted by atomic mass is 10.2. The quantitative estimate of drug-likeness (QED) is 0.794. The first-order chi connectivity index (χ1) is 10.3. The van der Waals surface area contributed by atoms with Gasteiger partial charge in [0.25, 0.3) is 0 Å². The number of aromatic nitrogens is 3. The number of benzene rings is 1. The van der Waals surface area contributed by atoms with Gasteiger partial charge in [0.2, 0.25) is 0 Å². The second-order valence-corrected chi connectivity index (χ2v) is 4.99. The van der Waals surface area contributed by atoms with Crippen molar-refractivity contribution in [2.24, 2.45) is 0 Å². The second-order valence-electron chi connectivity index (χ2n) is 4.99. The van der Waals surface area contributed by atoms with E-state index in [2.05, 4.69) is 40.5 Å². The largest absolute Gasteiger partial charge is 0.378 e. The summed E-state index contributed by atoms with van der Waals surface area (Å²) in [4.78, 5) is 4.31. The van der Waals surface area contributed by atoms with E-state index in [-0.39, 0.29) is 0 Å². The first kappa shape index (κ1) is 13.4. The van der Waals surface area contributed by atoms with Crippen molar-refractivity contribution in [2.45, 2.75) is 20.4 Å². The average molecular weight is 278 g/mol. The van der Waals surface area contributed by atoms with Gasteiger partial charge in [-0.1, -0.05) is 24.3 Å². The molecule has 0 saturated heterocycles. The average Bonchev–Trinajstić information content (AvgIpc) is 2.88. The molecular weight excluding hydrogens is 260 g/mol. The number of rotatable bonds is 4. The molecule has 4 heteroatoms. The van der Waals surface area contributed by atoms with E-state index in [1.54, 1.807) is 0 Å². The van der Waals surface area contributed by atoms with Gasteiger partial charge in [-0.3, -0.25) is 4.98 Å². The van der Waals surface area contributed by atoms with Crippen LogP contribution in [0.25, 0.3) is 5.69 Å². The van der Waals surface area contributed by atoms with Crippen molar-refractivity contribution in [3.8, 4) is 5.69 Å². The maximum atomic E-state index is 4.46. The summed E-state index contributed by atoms with van der Waals surface area (Å²) in [5.41, 5.74) is 5.47. The number of para-hydroxylation sites is 1. The molecule has 0 aliphatic carbocycles. The van der Waals surface area contributed by atoms with Crippen LogP contribution in [0, 0.1) is 13.8 Å². The molecule has 0 amide bonds. The first-order valence-corrected chi connectivity index (χ1v) is 7.00. The highest BCUT2D eigenvalue weighted by Gasteiger charge is 2.08. The third kappa shape index (κ3) is 2.79. The zero-order valence-electron chi connectivity index (χ0n) is 12.2. The van der Waals surface area contributed by atoms with Crippen LogP contribution >= 0.6 is 0 Å². The lowest BCUT2D eigenvalue weighted by molar-refractivity contribution is 0.847. The van der Waals surface area contributed by atoms with Gasteiger partial charge in [-0.25, -0.2) is 4.68 Å². The summed E-state index contributed by atoms with van der Waals surface area (Å²) in [6.45, 7) is 4.84. The van der Waals surface area contributed by atoms with E-state index in [0.29, 0.717) is 0 Å². The van der Waals surface area contributed by atoms with E-state index in [0.717, 1.165) is 29.3 Å². The Kier molecular flexibility index (Phi) is 3.69. The standard InChI is InChI=1S/C17H18N4/c1-13-15(7-6-10-18-13)11-19-17-12-20-21(14(17)2)16-8-4-3-5-9-16/h3-10,12,19H,11H2,1-2H3. The molecule has 0 aliphatic heterocycles. The van der Waals surface area contributed by atoms with Gasteiger partial charge in [-0.15, -0.1) is 0 Å². The minimum absolute atomic E-state index is 0.751. The molecule has 2 heterocycles. The van der Waals surface area contributed by atoms with Crippen LogP contribution in [0.15, 0.2) is 54.9 Å². The van der Waals surface area contributed by atoms with Crippen molar-refractivity contribution in [1.82, 2.24) is 14.8 Å². The highest BCUT2D eigenvalue weighted by atomic mass is 15.3. The molecule has 0 bridgehead atoms. The number of hydrogen-bond acceptors (Lipinski definition) is 3. The van der Waals surface area contributed by atoms with Crippen molar-refractivity contribution >= 4 is 5.69 Å². The maximum absolute atomic E-state index is 4.46. The van der Waals surface area contributed by atoms with Gasteiger partial charge in [0, 0.05) is 18.4 Å². The molecule has 0 radical (unpaired) electrons. The topological polar surface area (TPSA) is 42.7 Å². The highest BCUT2D eigenvalue weighted by Crippen LogP contribution is 2.19. The van der Waals surface area contributed by atoms with E-state index in [9.17, 15) is 0 Å². The minimum Gasteiger partial charge on any atom is -0.378 e. The van der Waals surface area contributed by atoms with Crippen molar-refractivity contribution in [3.63, 3.8) is 0 Å². The van der Waals surface area contributed by atoms with Crippen molar-refractivity contribution in [2.75, 3.05) is 5.32 Å². The molecule has 106 valence electrons. The van der Waals surface area contributed by atoms with E-state index in [4.69, 9.17) is 0 Å². The molecule has 0 unspecified atom stereocenters. The lowest BCUT2D eigenvalue weighted by Gasteiger charge is -2.08. The summed E-state index contributed by atoms with van der Waals surface area (Å²) in [6.07, 6.45) is 3.69. The van der Waals surface area contributed by atoms with Crippen LogP contribution in [0.4, 0.5) is 5.69 Å². The summed E-state index contributed by atoms with van der Waals surface area (Å²) >= 11 is 0. The molecular formula is C17H18N4. The Bertz CT molecular complexity index is 732. The third-order valence-corrected chi connectivity index (χ3v) is 3.60. The van der Waals surface area contributed by atoms with Crippen LogP contribution in [0.3, 0.4) is 0 Å². The Morgan fingerprint density at radius 2 is 1.86 bits per heavy atom. The van der Waals surface area contributed by atoms with Gasteiger partial charge in [0.05, 0.1) is 23.3 Å². The fourth-order valence-corrected chi connectivity index (χ4v) is 2.31. The molecule has 0 spiro atoms. The number of nitrogens with one attached hydrogen (secondary N) is 1. The molecule has 0 fully saturated rings. The van der Waals surface area contributed by atoms with E-state index < -0.39 is 0 Å². The van der Waals surface area contributed by atoms with E-state index >= 15 is 0 Å². The molecule has 4 nitrogen and oxygen atoms in total. The molecule has 0 atom stereocenters. The molecule has 0 aliphatic rings. The highest BCUT2D eigenvalue weighted by molar-refractivity contribution is 5.49. The number of hydrogen-bond donors (Lipinski definition) is 1. The molecule has 3 rings (SSSR count). The number of nitrogens with zero attached hydrogens (tertiary/aromatic N) is 3. The Hall–Kier alpha value is -2.62. The van der Waals surface area contributed by atoms with Gasteiger partial charge < -0.3 is 5.32 Å². The number of aryl methyl sites for hydroxylation is 1. The van der Waals surface area contributed by atoms with Crippen molar-refractivity contribution in [1.29, 1.82) is 0 Å². The van der Waals surface area contributed by atoms with Crippen molar-refractivity contribution < 1.29 is 0 Å². The number of pyridine rings is 1. The fraction of sp³-hybridized carbons (Fsp3) is 0.176. The van der Waals surface area contributed by atoms with Crippen LogP contribution < -0.4 is 5.32 Å². The van der Waals surface area contributed by atoms with Crippen LogP contribution in [0.1, 0.15) is 17.0 Å². The third-order valence-electron chi connectivity index (χ3n) is 3.60. The van der Waals surface area contributed by atoms with Gasteiger partial charge in [-0.05, 0) is 37.6 Å². The van der Waals surface area contributed by atoms with Gasteiger partial charge >= 0.3 is 0 Å². The predicted octanol–water partition coefficient (Wildman–Crippen LogP) is 3.50. The monoisotopic (exact) mass is 278 g/mol. The molecule has 1 N–H and O–H groups in total. The second kappa shape index (κ2) is 5.79. The Morgan fingerprint density at radius 3 is 2.62 bits per heavy atom. The van der Waals surface area contributed by atoms with Crippen LogP contribution in [0.2, 0.25) is 0 Å². The summed E-state index contributed by atoms with van der Waals surface area (Å²) in [5, 5.41) is 7.90. The minimum atomic E-state index is 0.751. The van der Waals surface area contributed by atoms with Crippen molar-refractivity contribution in [3.05, 3.63) is 71.8 Å². The summed E-state index contributed by atoms with van der Waals surface area (Å²) in [6, 6.07) is 14.2. The first-order valence-electron chi connectivity index (χ1n) is 7.00. The predicted molar refractivity (Wildman–Crippen MR) is 84.6 cm³/mol. The molecule has 3 aromatic rings. The summed E-state index contributed by atoms with van der Waals surface area (Å²) < 4.78 is 1.94. The van der Waals surface area contributed by atoms with Crippen LogP contribution in [-0.4, -0.2) is 14.8 Å². The SMILES string of the molecule is Cc1ncccc1CNc1cnn(-c2ccccc2)c1C. The zero-order chi connectivity index (χ0) is 14.7. The smallest absolute Gasteiger partial charge is 0.0763 e. The van der Waals surface area contributed by atoms with Gasteiger partial charge in [-0.2, -0.15) is 5.10 Å². The Labute approximate surface area is 124 Å². The fourth-order valence-electron chi connectivity index (χ4n) is 2.31. The summed E-state index contributed by atoms with van der Waals surface area (Å²) in [5.74, 6) is 0. The Balaban J connectivity index is 1.79. The van der Waals surface area contributed by atoms with Crippen LogP contribution in [-0.2, 0) is 6.54 Å². The van der Waals surface area contributed by atoms with Crippen LogP contribution in [0.5, 0.6) is 0 Å². The molecule has 2 aromatic heterocycles. The van der Waals surface area contributed by atoms with E-state index in [1.165, 1.54) is 5.56 Å². The van der Waals surface area contributed by atoms with Gasteiger partial charge in [0.15, 0.2) is 0 Å². The van der Waals surface area contributed by atoms with E-state index in [1.807, 2.05) is 48.3 Å². The van der Waals surface area contributed by atoms with Gasteiger partial charge in [0.1, 0.15) is 0 Å². The Morgan fingerprint density at radius 1 is 1.05 bits per heavy atom. The lowest BCUT2D eigenvalue weighted by Crippen LogP contribution is -2.04.